The first-order chi connectivity index (χ1) is 8.54. The quantitative estimate of drug-likeness (QED) is 0.574. The Bertz CT molecular complexity index is 737. The molecule has 0 bridgehead atoms. The third kappa shape index (κ3) is 1.75. The largest absolute Gasteiger partial charge is 0.434 e. The lowest BCUT2D eigenvalue weighted by Crippen LogP contribution is -2.08. The second-order valence-electron chi connectivity index (χ2n) is 3.79. The fourth-order valence-electron chi connectivity index (χ4n) is 1.72. The maximum atomic E-state index is 12.5. The highest BCUT2D eigenvalue weighted by atomic mass is 19.4. The Morgan fingerprint density at radius 2 is 1.78 bits per heavy atom. The van der Waals surface area contributed by atoms with E-state index in [0.29, 0.717) is 11.0 Å². The minimum atomic E-state index is -4.48. The monoisotopic (exact) mass is 249 g/mol. The SMILES string of the molecule is FC(F)(F)c1cnc2cc3ncccc3cc2n1. The molecule has 2 heterocycles. The molecule has 1 aromatic carbocycles. The molecule has 3 rings (SSSR count). The minimum absolute atomic E-state index is 0.213. The van der Waals surface area contributed by atoms with E-state index in [0.717, 1.165) is 11.6 Å². The molecule has 0 spiro atoms. The van der Waals surface area contributed by atoms with Gasteiger partial charge in [-0.15, -0.1) is 0 Å². The summed E-state index contributed by atoms with van der Waals surface area (Å²) < 4.78 is 37.5. The summed E-state index contributed by atoms with van der Waals surface area (Å²) in [7, 11) is 0. The highest BCUT2D eigenvalue weighted by molar-refractivity contribution is 5.92. The average molecular weight is 249 g/mol. The third-order valence-electron chi connectivity index (χ3n) is 2.56. The van der Waals surface area contributed by atoms with Gasteiger partial charge in [0.2, 0.25) is 0 Å². The molecule has 6 heteroatoms. The highest BCUT2D eigenvalue weighted by Gasteiger charge is 2.33. The van der Waals surface area contributed by atoms with E-state index in [1.165, 1.54) is 0 Å². The van der Waals surface area contributed by atoms with Crippen LogP contribution in [0.15, 0.2) is 36.7 Å². The summed E-state index contributed by atoms with van der Waals surface area (Å²) in [6, 6.07) is 6.66. The number of hydrogen-bond donors (Lipinski definition) is 0. The van der Waals surface area contributed by atoms with Gasteiger partial charge in [-0.2, -0.15) is 13.2 Å². The van der Waals surface area contributed by atoms with E-state index in [-0.39, 0.29) is 5.52 Å². The first kappa shape index (κ1) is 10.9. The van der Waals surface area contributed by atoms with Crippen molar-refractivity contribution in [3.63, 3.8) is 0 Å². The molecule has 0 radical (unpaired) electrons. The molecule has 0 unspecified atom stereocenters. The number of rotatable bonds is 0. The van der Waals surface area contributed by atoms with Gasteiger partial charge in [-0.25, -0.2) is 4.98 Å². The first-order valence-electron chi connectivity index (χ1n) is 5.13. The van der Waals surface area contributed by atoms with Gasteiger partial charge in [0.15, 0.2) is 5.69 Å². The van der Waals surface area contributed by atoms with Gasteiger partial charge in [-0.05, 0) is 18.2 Å². The number of hydrogen-bond acceptors (Lipinski definition) is 3. The lowest BCUT2D eigenvalue weighted by Gasteiger charge is -2.06. The van der Waals surface area contributed by atoms with Crippen LogP contribution < -0.4 is 0 Å². The molecule has 2 aromatic heterocycles. The molecule has 3 nitrogen and oxygen atoms in total. The van der Waals surface area contributed by atoms with Crippen molar-refractivity contribution in [2.75, 3.05) is 0 Å². The van der Waals surface area contributed by atoms with Gasteiger partial charge in [0.1, 0.15) is 0 Å². The molecular weight excluding hydrogens is 243 g/mol. The molecule has 90 valence electrons. The molecule has 3 aromatic rings. The molecule has 0 aliphatic rings. The lowest BCUT2D eigenvalue weighted by molar-refractivity contribution is -0.141. The maximum absolute atomic E-state index is 12.5. The van der Waals surface area contributed by atoms with Crippen molar-refractivity contribution in [3.8, 4) is 0 Å². The van der Waals surface area contributed by atoms with Gasteiger partial charge in [-0.1, -0.05) is 6.07 Å². The van der Waals surface area contributed by atoms with Crippen molar-refractivity contribution in [1.29, 1.82) is 0 Å². The predicted octanol–water partition coefficient (Wildman–Crippen LogP) is 3.20. The predicted molar refractivity (Wildman–Crippen MR) is 59.8 cm³/mol. The number of pyridine rings is 1. The van der Waals surface area contributed by atoms with Gasteiger partial charge < -0.3 is 0 Å². The van der Waals surface area contributed by atoms with Gasteiger partial charge in [0, 0.05) is 11.6 Å². The zero-order valence-corrected chi connectivity index (χ0v) is 8.94. The van der Waals surface area contributed by atoms with Crippen LogP contribution in [0.2, 0.25) is 0 Å². The Labute approximate surface area is 99.3 Å². The van der Waals surface area contributed by atoms with Crippen LogP contribution in [0.3, 0.4) is 0 Å². The van der Waals surface area contributed by atoms with Gasteiger partial charge >= 0.3 is 6.18 Å². The summed E-state index contributed by atoms with van der Waals surface area (Å²) in [6.07, 6.45) is -2.13. The minimum Gasteiger partial charge on any atom is -0.256 e. The average Bonchev–Trinajstić information content (AvgIpc) is 2.34. The Morgan fingerprint density at radius 3 is 2.56 bits per heavy atom. The van der Waals surface area contributed by atoms with Crippen LogP contribution in [0, 0.1) is 0 Å². The van der Waals surface area contributed by atoms with Gasteiger partial charge in [0.05, 0.1) is 22.7 Å². The van der Waals surface area contributed by atoms with E-state index in [4.69, 9.17) is 0 Å². The van der Waals surface area contributed by atoms with E-state index in [1.54, 1.807) is 30.5 Å². The van der Waals surface area contributed by atoms with Crippen molar-refractivity contribution in [2.45, 2.75) is 6.18 Å². The number of nitrogens with zero attached hydrogens (tertiary/aromatic N) is 3. The van der Waals surface area contributed by atoms with Crippen LogP contribution in [0.25, 0.3) is 21.9 Å². The maximum Gasteiger partial charge on any atom is 0.434 e. The van der Waals surface area contributed by atoms with E-state index in [9.17, 15) is 13.2 Å². The van der Waals surface area contributed by atoms with Crippen LogP contribution in [-0.4, -0.2) is 15.0 Å². The normalized spacial score (nSPS) is 12.2. The number of fused-ring (bicyclic) bond motifs is 2. The Morgan fingerprint density at radius 1 is 0.944 bits per heavy atom. The summed E-state index contributed by atoms with van der Waals surface area (Å²) in [4.78, 5) is 11.5. The zero-order valence-electron chi connectivity index (χ0n) is 8.94. The Balaban J connectivity index is 2.31. The number of benzene rings is 1. The summed E-state index contributed by atoms with van der Waals surface area (Å²) in [5, 5.41) is 0.735. The number of aromatic nitrogens is 3. The van der Waals surface area contributed by atoms with Gasteiger partial charge in [0.25, 0.3) is 0 Å². The molecule has 0 N–H and O–H groups in total. The fourth-order valence-corrected chi connectivity index (χ4v) is 1.72. The van der Waals surface area contributed by atoms with Gasteiger partial charge in [-0.3, -0.25) is 9.97 Å². The highest BCUT2D eigenvalue weighted by Crippen LogP contribution is 2.28. The Hall–Kier alpha value is -2.24. The van der Waals surface area contributed by atoms with Crippen LogP contribution >= 0.6 is 0 Å². The van der Waals surface area contributed by atoms with Crippen molar-refractivity contribution in [1.82, 2.24) is 15.0 Å². The number of alkyl halides is 3. The van der Waals surface area contributed by atoms with Crippen LogP contribution in [0.1, 0.15) is 5.69 Å². The molecule has 0 aliphatic carbocycles. The molecule has 0 atom stereocenters. The molecule has 0 aliphatic heterocycles. The van der Waals surface area contributed by atoms with Crippen molar-refractivity contribution in [3.05, 3.63) is 42.4 Å². The van der Waals surface area contributed by atoms with E-state index in [1.807, 2.05) is 0 Å². The molecule has 0 saturated heterocycles. The lowest BCUT2D eigenvalue weighted by atomic mass is 10.2. The smallest absolute Gasteiger partial charge is 0.256 e. The second-order valence-corrected chi connectivity index (χ2v) is 3.79. The first-order valence-corrected chi connectivity index (χ1v) is 5.13. The summed E-state index contributed by atoms with van der Waals surface area (Å²) in [5.41, 5.74) is 0.303. The molecule has 0 amide bonds. The van der Waals surface area contributed by atoms with E-state index < -0.39 is 11.9 Å². The van der Waals surface area contributed by atoms with Crippen molar-refractivity contribution in [2.24, 2.45) is 0 Å². The summed E-state index contributed by atoms with van der Waals surface area (Å²) >= 11 is 0. The van der Waals surface area contributed by atoms with Crippen LogP contribution in [-0.2, 0) is 6.18 Å². The third-order valence-corrected chi connectivity index (χ3v) is 2.56. The Kier molecular flexibility index (Phi) is 2.19. The molecule has 0 fully saturated rings. The fraction of sp³-hybridized carbons (Fsp3) is 0.0833. The summed E-state index contributed by atoms with van der Waals surface area (Å²) in [5.74, 6) is 0. The molecular formula is C12H6F3N3. The zero-order chi connectivity index (χ0) is 12.8. The van der Waals surface area contributed by atoms with E-state index in [2.05, 4.69) is 15.0 Å². The number of halogens is 3. The van der Waals surface area contributed by atoms with Crippen LogP contribution in [0.5, 0.6) is 0 Å². The standard InChI is InChI=1S/C12H6F3N3/c13-12(14,15)11-6-17-9-5-8-7(2-1-3-16-8)4-10(9)18-11/h1-6H. The van der Waals surface area contributed by atoms with Crippen LogP contribution in [0.4, 0.5) is 13.2 Å². The molecule has 18 heavy (non-hydrogen) atoms. The van der Waals surface area contributed by atoms with Crippen molar-refractivity contribution < 1.29 is 13.2 Å². The topological polar surface area (TPSA) is 38.7 Å². The summed E-state index contributed by atoms with van der Waals surface area (Å²) in [6.45, 7) is 0. The van der Waals surface area contributed by atoms with Crippen molar-refractivity contribution >= 4 is 21.9 Å². The second kappa shape index (κ2) is 3.63. The molecule has 0 saturated carbocycles. The van der Waals surface area contributed by atoms with E-state index >= 15 is 0 Å².